The van der Waals surface area contributed by atoms with E-state index in [9.17, 15) is 16.8 Å². The number of hydrogen-bond acceptors (Lipinski definition) is 6. The fourth-order valence-corrected chi connectivity index (χ4v) is 8.04. The van der Waals surface area contributed by atoms with Crippen molar-refractivity contribution in [3.05, 3.63) is 15.8 Å². The van der Waals surface area contributed by atoms with E-state index < -0.39 is 25.4 Å². The van der Waals surface area contributed by atoms with Gasteiger partial charge in [0.15, 0.2) is 9.84 Å². The van der Waals surface area contributed by atoms with Crippen LogP contribution in [0, 0.1) is 6.92 Å². The molecule has 9 heteroatoms. The average molecular weight is 353 g/mol. The molecule has 1 aliphatic rings. The van der Waals surface area contributed by atoms with E-state index in [2.05, 4.69) is 10.0 Å². The van der Waals surface area contributed by atoms with Crippen LogP contribution in [0.4, 0.5) is 0 Å². The molecule has 2 heterocycles. The van der Waals surface area contributed by atoms with Gasteiger partial charge < -0.3 is 5.32 Å². The molecule has 1 unspecified atom stereocenters. The van der Waals surface area contributed by atoms with Crippen LogP contribution in [0.3, 0.4) is 0 Å². The Morgan fingerprint density at radius 1 is 1.43 bits per heavy atom. The minimum atomic E-state index is -3.74. The molecule has 2 N–H and O–H groups in total. The van der Waals surface area contributed by atoms with Gasteiger partial charge in [-0.15, -0.1) is 11.3 Å². The van der Waals surface area contributed by atoms with Crippen LogP contribution in [0.15, 0.2) is 10.3 Å². The van der Waals surface area contributed by atoms with Crippen LogP contribution in [0.1, 0.15) is 23.8 Å². The fourth-order valence-electron chi connectivity index (χ4n) is 2.60. The largest absolute Gasteiger partial charge is 0.315 e. The van der Waals surface area contributed by atoms with Crippen molar-refractivity contribution in [2.24, 2.45) is 0 Å². The second-order valence-corrected chi connectivity index (χ2v) is 10.5. The number of hydrogen-bond donors (Lipinski definition) is 2. The molecule has 21 heavy (non-hydrogen) atoms. The van der Waals surface area contributed by atoms with E-state index in [1.54, 1.807) is 26.3 Å². The first-order valence-electron chi connectivity index (χ1n) is 6.54. The minimum Gasteiger partial charge on any atom is -0.315 e. The van der Waals surface area contributed by atoms with Gasteiger partial charge in [-0.2, -0.15) is 0 Å². The Kier molecular flexibility index (Phi) is 4.52. The van der Waals surface area contributed by atoms with E-state index in [0.717, 1.165) is 4.88 Å². The van der Waals surface area contributed by atoms with Gasteiger partial charge in [0.2, 0.25) is 10.0 Å². The highest BCUT2D eigenvalue weighted by Gasteiger charge is 2.42. The zero-order valence-corrected chi connectivity index (χ0v) is 14.7. The zero-order valence-electron chi connectivity index (χ0n) is 12.3. The smallest absolute Gasteiger partial charge is 0.242 e. The lowest BCUT2D eigenvalue weighted by Crippen LogP contribution is -2.47. The third-order valence-electron chi connectivity index (χ3n) is 3.48. The second-order valence-electron chi connectivity index (χ2n) is 5.71. The van der Waals surface area contributed by atoms with Crippen molar-refractivity contribution >= 4 is 31.2 Å². The molecule has 0 aromatic carbocycles. The number of thiophene rings is 1. The molecular weight excluding hydrogens is 332 g/mol. The van der Waals surface area contributed by atoms with Gasteiger partial charge in [-0.05, 0) is 38.3 Å². The van der Waals surface area contributed by atoms with E-state index in [0.29, 0.717) is 18.5 Å². The van der Waals surface area contributed by atoms with Crippen LogP contribution in [0.25, 0.3) is 0 Å². The van der Waals surface area contributed by atoms with Gasteiger partial charge in [0.05, 0.1) is 11.5 Å². The Bertz CT molecular complexity index is 737. The van der Waals surface area contributed by atoms with E-state index in [4.69, 9.17) is 0 Å². The zero-order chi connectivity index (χ0) is 15.9. The summed E-state index contributed by atoms with van der Waals surface area (Å²) in [5, 5.41) is 4.75. The number of aryl methyl sites for hydroxylation is 1. The van der Waals surface area contributed by atoms with Crippen molar-refractivity contribution in [2.45, 2.75) is 37.2 Å². The molecule has 1 aromatic heterocycles. The maximum atomic E-state index is 12.7. The van der Waals surface area contributed by atoms with Crippen molar-refractivity contribution in [3.8, 4) is 0 Å². The Hall–Kier alpha value is -0.480. The summed E-state index contributed by atoms with van der Waals surface area (Å²) in [4.78, 5) is 0.999. The Morgan fingerprint density at radius 3 is 2.62 bits per heavy atom. The van der Waals surface area contributed by atoms with Gasteiger partial charge in [0, 0.05) is 17.0 Å². The molecule has 2 rings (SSSR count). The predicted molar refractivity (Wildman–Crippen MR) is 83.8 cm³/mol. The summed E-state index contributed by atoms with van der Waals surface area (Å²) in [5.74, 6) is -0.123. The predicted octanol–water partition coefficient (Wildman–Crippen LogP) is 0.631. The quantitative estimate of drug-likeness (QED) is 0.811. The van der Waals surface area contributed by atoms with Gasteiger partial charge in [0.1, 0.15) is 4.90 Å². The topological polar surface area (TPSA) is 92.3 Å². The summed E-state index contributed by atoms with van der Waals surface area (Å²) in [5.41, 5.74) is -0.245. The third kappa shape index (κ3) is 3.65. The fraction of sp³-hybridized carbons (Fsp3) is 0.667. The molecule has 0 saturated carbocycles. The van der Waals surface area contributed by atoms with Crippen molar-refractivity contribution in [1.82, 2.24) is 10.0 Å². The van der Waals surface area contributed by atoms with Crippen LogP contribution < -0.4 is 10.0 Å². The summed E-state index contributed by atoms with van der Waals surface area (Å²) in [7, 11) is -5.15. The Morgan fingerprint density at radius 2 is 2.10 bits per heavy atom. The first-order valence-corrected chi connectivity index (χ1v) is 10.7. The lowest BCUT2D eigenvalue weighted by Gasteiger charge is -2.24. The standard InChI is InChI=1S/C12H20N2O4S3/c1-9-7-19-10(6-13-3)11(9)21(17,18)14-12(2)4-5-20(15,16)8-12/h7,13-14H,4-6,8H2,1-3H3. The molecule has 0 radical (unpaired) electrons. The molecule has 1 aromatic rings. The summed E-state index contributed by atoms with van der Waals surface area (Å²) >= 11 is 1.38. The second kappa shape index (κ2) is 5.62. The van der Waals surface area contributed by atoms with E-state index in [1.165, 1.54) is 11.3 Å². The lowest BCUT2D eigenvalue weighted by atomic mass is 10.0. The number of sulfonamides is 1. The molecular formula is C12H20N2O4S3. The van der Waals surface area contributed by atoms with Crippen LogP contribution in [-0.4, -0.2) is 40.9 Å². The molecule has 120 valence electrons. The molecule has 0 amide bonds. The highest BCUT2D eigenvalue weighted by Crippen LogP contribution is 2.30. The maximum absolute atomic E-state index is 12.7. The normalized spacial score (nSPS) is 25.3. The number of nitrogens with one attached hydrogen (secondary N) is 2. The summed E-state index contributed by atoms with van der Waals surface area (Å²) in [6.45, 7) is 3.86. The van der Waals surface area contributed by atoms with Gasteiger partial charge in [-0.1, -0.05) is 0 Å². The molecule has 1 fully saturated rings. The van der Waals surface area contributed by atoms with Crippen LogP contribution in [0.2, 0.25) is 0 Å². The monoisotopic (exact) mass is 352 g/mol. The molecule has 6 nitrogen and oxygen atoms in total. The van der Waals surface area contributed by atoms with Crippen LogP contribution in [-0.2, 0) is 26.4 Å². The first-order chi connectivity index (χ1) is 9.59. The molecule has 0 bridgehead atoms. The minimum absolute atomic E-state index is 0.0258. The molecule has 1 saturated heterocycles. The Labute approximate surface area is 129 Å². The Balaban J connectivity index is 2.34. The van der Waals surface area contributed by atoms with E-state index >= 15 is 0 Å². The summed E-state index contributed by atoms with van der Waals surface area (Å²) < 4.78 is 51.1. The summed E-state index contributed by atoms with van der Waals surface area (Å²) in [6, 6.07) is 0. The van der Waals surface area contributed by atoms with Crippen molar-refractivity contribution in [2.75, 3.05) is 18.6 Å². The summed E-state index contributed by atoms with van der Waals surface area (Å²) in [6.07, 6.45) is 0.305. The van der Waals surface area contributed by atoms with Crippen LogP contribution >= 0.6 is 11.3 Å². The molecule has 0 aliphatic carbocycles. The van der Waals surface area contributed by atoms with E-state index in [1.807, 2.05) is 0 Å². The van der Waals surface area contributed by atoms with Crippen molar-refractivity contribution < 1.29 is 16.8 Å². The van der Waals surface area contributed by atoms with Gasteiger partial charge in [0.25, 0.3) is 0 Å². The van der Waals surface area contributed by atoms with Crippen molar-refractivity contribution in [1.29, 1.82) is 0 Å². The third-order valence-corrected chi connectivity index (χ3v) is 8.48. The SMILES string of the molecule is CNCc1scc(C)c1S(=O)(=O)NC1(C)CCS(=O)(=O)C1. The highest BCUT2D eigenvalue weighted by atomic mass is 32.2. The van der Waals surface area contributed by atoms with Crippen molar-refractivity contribution in [3.63, 3.8) is 0 Å². The van der Waals surface area contributed by atoms with Crippen LogP contribution in [0.5, 0.6) is 0 Å². The lowest BCUT2D eigenvalue weighted by molar-refractivity contribution is 0.461. The van der Waals surface area contributed by atoms with Gasteiger partial charge in [-0.3, -0.25) is 0 Å². The number of sulfone groups is 1. The molecule has 1 aliphatic heterocycles. The van der Waals surface area contributed by atoms with Gasteiger partial charge >= 0.3 is 0 Å². The van der Waals surface area contributed by atoms with Gasteiger partial charge in [-0.25, -0.2) is 21.6 Å². The van der Waals surface area contributed by atoms with E-state index in [-0.39, 0.29) is 16.4 Å². The average Bonchev–Trinajstić information content (AvgIpc) is 2.80. The molecule has 0 spiro atoms. The number of rotatable bonds is 5. The highest BCUT2D eigenvalue weighted by molar-refractivity contribution is 7.92. The molecule has 1 atom stereocenters. The first kappa shape index (κ1) is 16.9. The maximum Gasteiger partial charge on any atom is 0.242 e.